The SMILES string of the molecule is CC(CCl)C[Si@H](C)O[Si](C)(C)C. The molecule has 0 aliphatic rings. The summed E-state index contributed by atoms with van der Waals surface area (Å²) in [6.45, 7) is 11.2. The van der Waals surface area contributed by atoms with Gasteiger partial charge < -0.3 is 4.12 Å². The molecule has 2 atom stereocenters. The van der Waals surface area contributed by atoms with Crippen molar-refractivity contribution >= 4 is 29.0 Å². The topological polar surface area (TPSA) is 9.23 Å². The van der Waals surface area contributed by atoms with Gasteiger partial charge in [0.15, 0.2) is 17.4 Å². The summed E-state index contributed by atoms with van der Waals surface area (Å²) in [6, 6.07) is 1.22. The molecule has 0 amide bonds. The monoisotopic (exact) mass is 224 g/mol. The van der Waals surface area contributed by atoms with Crippen molar-refractivity contribution in [3.05, 3.63) is 0 Å². The van der Waals surface area contributed by atoms with Crippen molar-refractivity contribution in [3.8, 4) is 0 Å². The van der Waals surface area contributed by atoms with E-state index in [1.807, 2.05) is 0 Å². The molecular weight excluding hydrogens is 204 g/mol. The molecule has 0 bridgehead atoms. The first-order valence-corrected chi connectivity index (χ1v) is 11.0. The minimum absolute atomic E-state index is 0.629. The molecule has 0 aromatic heterocycles. The van der Waals surface area contributed by atoms with E-state index in [0.29, 0.717) is 5.92 Å². The Morgan fingerprint density at radius 2 is 1.92 bits per heavy atom. The highest BCUT2D eigenvalue weighted by molar-refractivity contribution is 6.77. The van der Waals surface area contributed by atoms with Gasteiger partial charge in [0.1, 0.15) is 0 Å². The summed E-state index contributed by atoms with van der Waals surface area (Å²) < 4.78 is 6.03. The van der Waals surface area contributed by atoms with Gasteiger partial charge in [0.2, 0.25) is 0 Å². The highest BCUT2D eigenvalue weighted by Gasteiger charge is 2.19. The largest absolute Gasteiger partial charge is 0.458 e. The lowest BCUT2D eigenvalue weighted by atomic mass is 10.3. The molecule has 0 aromatic rings. The van der Waals surface area contributed by atoms with Crippen LogP contribution in [0.2, 0.25) is 32.2 Å². The van der Waals surface area contributed by atoms with Crippen molar-refractivity contribution in [2.75, 3.05) is 5.88 Å². The standard InChI is InChI=1S/C8H21ClOSi2/c1-8(6-9)7-11(2)10-12(3,4)5/h8,11H,6-7H2,1-5H3/t8?,11-/m0/s1. The van der Waals surface area contributed by atoms with Crippen molar-refractivity contribution < 1.29 is 4.12 Å². The molecule has 0 rings (SSSR count). The number of hydrogen-bond acceptors (Lipinski definition) is 1. The van der Waals surface area contributed by atoms with Crippen LogP contribution < -0.4 is 0 Å². The van der Waals surface area contributed by atoms with Gasteiger partial charge in [-0.15, -0.1) is 11.6 Å². The first kappa shape index (κ1) is 12.7. The summed E-state index contributed by atoms with van der Waals surface area (Å²) in [4.78, 5) is 0. The molecule has 0 N–H and O–H groups in total. The summed E-state index contributed by atoms with van der Waals surface area (Å²) in [5.74, 6) is 1.40. The Bertz CT molecular complexity index is 125. The first-order chi connectivity index (χ1) is 5.35. The van der Waals surface area contributed by atoms with Crippen LogP contribution in [0.1, 0.15) is 6.92 Å². The molecule has 0 aliphatic carbocycles. The lowest BCUT2D eigenvalue weighted by molar-refractivity contribution is 0.555. The van der Waals surface area contributed by atoms with Gasteiger partial charge >= 0.3 is 0 Å². The van der Waals surface area contributed by atoms with E-state index in [1.165, 1.54) is 6.04 Å². The van der Waals surface area contributed by atoms with E-state index in [1.54, 1.807) is 0 Å². The van der Waals surface area contributed by atoms with Crippen molar-refractivity contribution in [1.82, 2.24) is 0 Å². The predicted octanol–water partition coefficient (Wildman–Crippen LogP) is 3.07. The fourth-order valence-electron chi connectivity index (χ4n) is 1.28. The maximum atomic E-state index is 6.03. The Hall–Kier alpha value is 0.684. The van der Waals surface area contributed by atoms with Crippen molar-refractivity contribution in [1.29, 1.82) is 0 Å². The molecule has 0 aliphatic heterocycles. The Morgan fingerprint density at radius 1 is 1.42 bits per heavy atom. The number of hydrogen-bond donors (Lipinski definition) is 0. The summed E-state index contributed by atoms with van der Waals surface area (Å²) in [7, 11) is -2.21. The molecule has 0 saturated carbocycles. The van der Waals surface area contributed by atoms with Crippen LogP contribution in [0, 0.1) is 5.92 Å². The molecule has 0 radical (unpaired) electrons. The van der Waals surface area contributed by atoms with E-state index in [2.05, 4.69) is 33.1 Å². The van der Waals surface area contributed by atoms with Gasteiger partial charge in [0.05, 0.1) is 0 Å². The fourth-order valence-corrected chi connectivity index (χ4v) is 8.13. The van der Waals surface area contributed by atoms with Gasteiger partial charge in [0, 0.05) is 5.88 Å². The lowest BCUT2D eigenvalue weighted by Crippen LogP contribution is -2.33. The van der Waals surface area contributed by atoms with Crippen molar-refractivity contribution in [2.45, 2.75) is 39.2 Å². The molecule has 0 spiro atoms. The molecule has 12 heavy (non-hydrogen) atoms. The normalized spacial score (nSPS) is 17.5. The number of alkyl halides is 1. The maximum absolute atomic E-state index is 6.03. The molecule has 0 aromatic carbocycles. The molecule has 0 saturated heterocycles. The molecule has 4 heteroatoms. The molecule has 1 nitrogen and oxygen atoms in total. The van der Waals surface area contributed by atoms with Crippen LogP contribution in [0.4, 0.5) is 0 Å². The molecular formula is C8H21ClOSi2. The van der Waals surface area contributed by atoms with Crippen molar-refractivity contribution in [2.24, 2.45) is 5.92 Å². The van der Waals surface area contributed by atoms with Crippen LogP contribution in [-0.4, -0.2) is 23.2 Å². The van der Waals surface area contributed by atoms with E-state index >= 15 is 0 Å². The number of halogens is 1. The molecule has 1 unspecified atom stereocenters. The van der Waals surface area contributed by atoms with Crippen LogP contribution in [0.5, 0.6) is 0 Å². The zero-order valence-corrected chi connectivity index (χ0v) is 11.8. The summed E-state index contributed by atoms with van der Waals surface area (Å²) in [6.07, 6.45) is 0. The van der Waals surface area contributed by atoms with E-state index in [4.69, 9.17) is 15.7 Å². The molecule has 74 valence electrons. The zero-order valence-electron chi connectivity index (χ0n) is 8.86. The molecule has 0 heterocycles. The van der Waals surface area contributed by atoms with Crippen LogP contribution >= 0.6 is 11.6 Å². The van der Waals surface area contributed by atoms with Crippen molar-refractivity contribution in [3.63, 3.8) is 0 Å². The Balaban J connectivity index is 3.66. The predicted molar refractivity (Wildman–Crippen MR) is 62.1 cm³/mol. The second kappa shape index (κ2) is 5.42. The lowest BCUT2D eigenvalue weighted by Gasteiger charge is -2.24. The minimum atomic E-state index is -1.28. The summed E-state index contributed by atoms with van der Waals surface area (Å²) in [5.41, 5.74) is 0. The summed E-state index contributed by atoms with van der Waals surface area (Å²) >= 11 is 5.75. The van der Waals surface area contributed by atoms with Crippen LogP contribution in [0.3, 0.4) is 0 Å². The third-order valence-corrected chi connectivity index (χ3v) is 7.99. The highest BCUT2D eigenvalue weighted by Crippen LogP contribution is 2.13. The molecule has 0 fully saturated rings. The van der Waals surface area contributed by atoms with E-state index in [-0.39, 0.29) is 0 Å². The smallest absolute Gasteiger partial charge is 0.170 e. The van der Waals surface area contributed by atoms with Crippen LogP contribution in [0.25, 0.3) is 0 Å². The van der Waals surface area contributed by atoms with Gasteiger partial charge in [-0.1, -0.05) is 6.92 Å². The first-order valence-electron chi connectivity index (χ1n) is 4.59. The summed E-state index contributed by atoms with van der Waals surface area (Å²) in [5, 5.41) is 0. The van der Waals surface area contributed by atoms with Gasteiger partial charge in [-0.2, -0.15) is 0 Å². The average Bonchev–Trinajstić information content (AvgIpc) is 1.82. The minimum Gasteiger partial charge on any atom is -0.458 e. The van der Waals surface area contributed by atoms with Crippen LogP contribution in [-0.2, 0) is 4.12 Å². The zero-order chi connectivity index (χ0) is 9.78. The Kier molecular flexibility index (Phi) is 5.73. The van der Waals surface area contributed by atoms with Gasteiger partial charge in [-0.05, 0) is 38.2 Å². The third-order valence-electron chi connectivity index (χ3n) is 1.55. The number of rotatable bonds is 5. The fraction of sp³-hybridized carbons (Fsp3) is 1.00. The van der Waals surface area contributed by atoms with Gasteiger partial charge in [-0.3, -0.25) is 0 Å². The van der Waals surface area contributed by atoms with Gasteiger partial charge in [0.25, 0.3) is 0 Å². The van der Waals surface area contributed by atoms with E-state index in [0.717, 1.165) is 5.88 Å². The second-order valence-corrected chi connectivity index (χ2v) is 12.1. The Labute approximate surface area is 84.3 Å². The Morgan fingerprint density at radius 3 is 2.25 bits per heavy atom. The van der Waals surface area contributed by atoms with Crippen LogP contribution in [0.15, 0.2) is 0 Å². The van der Waals surface area contributed by atoms with Gasteiger partial charge in [-0.25, -0.2) is 0 Å². The third kappa shape index (κ3) is 7.34. The van der Waals surface area contributed by atoms with E-state index in [9.17, 15) is 0 Å². The second-order valence-electron chi connectivity index (χ2n) is 4.54. The average molecular weight is 225 g/mol. The quantitative estimate of drug-likeness (QED) is 0.515. The highest BCUT2D eigenvalue weighted by atomic mass is 35.5. The van der Waals surface area contributed by atoms with E-state index < -0.39 is 17.4 Å². The maximum Gasteiger partial charge on any atom is 0.170 e.